The van der Waals surface area contributed by atoms with Crippen LogP contribution in [0.1, 0.15) is 0 Å². The van der Waals surface area contributed by atoms with E-state index in [1.165, 1.54) is 0 Å². The summed E-state index contributed by atoms with van der Waals surface area (Å²) in [7, 11) is -4.42. The van der Waals surface area contributed by atoms with Crippen LogP contribution >= 0.6 is 7.82 Å². The molecule has 1 aliphatic rings. The Morgan fingerprint density at radius 2 is 1.83 bits per heavy atom. The van der Waals surface area contributed by atoms with Crippen LogP contribution in [-0.4, -0.2) is 100 Å². The molecule has 1 heterocycles. The van der Waals surface area contributed by atoms with Crippen molar-refractivity contribution >= 4 is 7.82 Å². The molecule has 2 unspecified atom stereocenters. The van der Waals surface area contributed by atoms with E-state index in [0.29, 0.717) is 0 Å². The second-order valence-corrected chi connectivity index (χ2v) is 6.52. The number of rotatable bonds is 10. The van der Waals surface area contributed by atoms with E-state index in [2.05, 4.69) is 9.05 Å². The fourth-order valence-electron chi connectivity index (χ4n) is 1.82. The van der Waals surface area contributed by atoms with Crippen LogP contribution in [0.2, 0.25) is 0 Å². The van der Waals surface area contributed by atoms with Gasteiger partial charge in [-0.1, -0.05) is 0 Å². The van der Waals surface area contributed by atoms with Gasteiger partial charge in [-0.15, -0.1) is 0 Å². The third kappa shape index (κ3) is 6.59. The summed E-state index contributed by atoms with van der Waals surface area (Å²) in [6.07, 6.45) is -8.97. The van der Waals surface area contributed by atoms with E-state index >= 15 is 0 Å². The van der Waals surface area contributed by atoms with Gasteiger partial charge in [0.1, 0.15) is 30.5 Å². The molecule has 12 nitrogen and oxygen atoms in total. The molecule has 0 aromatic carbocycles. The van der Waals surface area contributed by atoms with Crippen molar-refractivity contribution in [1.29, 1.82) is 0 Å². The van der Waals surface area contributed by atoms with E-state index in [9.17, 15) is 29.9 Å². The minimum absolute atomic E-state index is 0.00946. The van der Waals surface area contributed by atoms with E-state index in [4.69, 9.17) is 20.3 Å². The van der Waals surface area contributed by atoms with Gasteiger partial charge in [0, 0.05) is 6.54 Å². The number of hydrogen-bond acceptors (Lipinski definition) is 11. The van der Waals surface area contributed by atoms with Crippen molar-refractivity contribution < 1.29 is 53.5 Å². The molecule has 0 aromatic heterocycles. The molecule has 0 aromatic rings. The Morgan fingerprint density at radius 1 is 1.17 bits per heavy atom. The number of hydrogen-bond donors (Lipinski definition) is 7. The SMILES string of the molecule is NCCOP(=O)(O)OC[C@H]1O[C@@H](OCC(O)CO)[C@H](O)[C@@H](O)[C@@H]1O. The number of phosphoric ester groups is 1. The lowest BCUT2D eigenvalue weighted by molar-refractivity contribution is -0.304. The molecule has 1 rings (SSSR count). The molecule has 144 valence electrons. The quantitative estimate of drug-likeness (QED) is 0.184. The Kier molecular flexibility index (Phi) is 9.16. The Hall–Kier alpha value is -0.210. The molecule has 0 bridgehead atoms. The molecule has 13 heteroatoms. The number of phosphoric acid groups is 1. The first kappa shape index (κ1) is 21.8. The number of aliphatic hydroxyl groups excluding tert-OH is 5. The van der Waals surface area contributed by atoms with E-state index in [0.717, 1.165) is 0 Å². The van der Waals surface area contributed by atoms with E-state index < -0.39 is 64.5 Å². The van der Waals surface area contributed by atoms with Crippen molar-refractivity contribution in [2.75, 3.05) is 33.0 Å². The second kappa shape index (κ2) is 10.1. The highest BCUT2D eigenvalue weighted by Gasteiger charge is 2.45. The maximum absolute atomic E-state index is 11.5. The van der Waals surface area contributed by atoms with Crippen LogP contribution in [0.4, 0.5) is 0 Å². The second-order valence-electron chi connectivity index (χ2n) is 5.07. The highest BCUT2D eigenvalue weighted by molar-refractivity contribution is 7.47. The predicted octanol–water partition coefficient (Wildman–Crippen LogP) is -3.74. The third-order valence-corrected chi connectivity index (χ3v) is 4.09. The average molecular weight is 377 g/mol. The topological polar surface area (TPSA) is 201 Å². The summed E-state index contributed by atoms with van der Waals surface area (Å²) in [5, 5.41) is 47.3. The maximum atomic E-state index is 11.5. The zero-order valence-electron chi connectivity index (χ0n) is 12.7. The Balaban J connectivity index is 2.60. The number of nitrogens with two attached hydrogens (primary N) is 1. The molecule has 0 spiro atoms. The van der Waals surface area contributed by atoms with E-state index in [1.807, 2.05) is 0 Å². The van der Waals surface area contributed by atoms with Gasteiger partial charge in [-0.3, -0.25) is 9.05 Å². The maximum Gasteiger partial charge on any atom is 0.472 e. The van der Waals surface area contributed by atoms with Gasteiger partial charge in [-0.05, 0) is 0 Å². The molecule has 8 N–H and O–H groups in total. The average Bonchev–Trinajstić information content (AvgIpc) is 2.56. The molecular weight excluding hydrogens is 353 g/mol. The molecule has 1 saturated heterocycles. The summed E-state index contributed by atoms with van der Waals surface area (Å²) in [4.78, 5) is 9.37. The molecule has 0 radical (unpaired) electrons. The van der Waals surface area contributed by atoms with Crippen LogP contribution in [0.5, 0.6) is 0 Å². The fraction of sp³-hybridized carbons (Fsp3) is 1.00. The van der Waals surface area contributed by atoms with Gasteiger partial charge in [0.2, 0.25) is 0 Å². The van der Waals surface area contributed by atoms with E-state index in [1.54, 1.807) is 0 Å². The van der Waals surface area contributed by atoms with Gasteiger partial charge in [0.25, 0.3) is 0 Å². The lowest BCUT2D eigenvalue weighted by Gasteiger charge is -2.40. The molecule has 1 fully saturated rings. The molecule has 24 heavy (non-hydrogen) atoms. The summed E-state index contributed by atoms with van der Waals surface area (Å²) in [6, 6.07) is 0. The highest BCUT2D eigenvalue weighted by Crippen LogP contribution is 2.43. The van der Waals surface area contributed by atoms with Crippen LogP contribution in [0.3, 0.4) is 0 Å². The van der Waals surface area contributed by atoms with Crippen molar-refractivity contribution in [2.24, 2.45) is 5.73 Å². The lowest BCUT2D eigenvalue weighted by atomic mass is 9.99. The van der Waals surface area contributed by atoms with Crippen molar-refractivity contribution in [1.82, 2.24) is 0 Å². The zero-order valence-corrected chi connectivity index (χ0v) is 13.6. The predicted molar refractivity (Wildman–Crippen MR) is 76.5 cm³/mol. The van der Waals surface area contributed by atoms with Crippen molar-refractivity contribution in [3.8, 4) is 0 Å². The number of aliphatic hydroxyl groups is 5. The monoisotopic (exact) mass is 377 g/mol. The van der Waals surface area contributed by atoms with Gasteiger partial charge < -0.3 is 45.6 Å². The summed E-state index contributed by atoms with van der Waals surface area (Å²) in [5.41, 5.74) is 5.12. The summed E-state index contributed by atoms with van der Waals surface area (Å²) < 4.78 is 30.8. The normalized spacial score (nSPS) is 34.7. The summed E-state index contributed by atoms with van der Waals surface area (Å²) >= 11 is 0. The molecular formula is C11H24NO11P. The van der Waals surface area contributed by atoms with Crippen LogP contribution in [0.25, 0.3) is 0 Å². The van der Waals surface area contributed by atoms with Crippen LogP contribution in [0.15, 0.2) is 0 Å². The fourth-order valence-corrected chi connectivity index (χ4v) is 2.57. The van der Waals surface area contributed by atoms with Crippen LogP contribution in [0, 0.1) is 0 Å². The van der Waals surface area contributed by atoms with Gasteiger partial charge in [-0.25, -0.2) is 4.57 Å². The number of ether oxygens (including phenoxy) is 2. The largest absolute Gasteiger partial charge is 0.472 e. The summed E-state index contributed by atoms with van der Waals surface area (Å²) in [6.45, 7) is -1.89. The molecule has 1 aliphatic heterocycles. The van der Waals surface area contributed by atoms with Gasteiger partial charge >= 0.3 is 7.82 Å². The van der Waals surface area contributed by atoms with Crippen LogP contribution < -0.4 is 5.73 Å². The van der Waals surface area contributed by atoms with Gasteiger partial charge in [-0.2, -0.15) is 0 Å². The first-order chi connectivity index (χ1) is 11.2. The Labute approximate surface area is 137 Å². The third-order valence-electron chi connectivity index (χ3n) is 3.11. The Morgan fingerprint density at radius 3 is 2.42 bits per heavy atom. The first-order valence-corrected chi connectivity index (χ1v) is 8.63. The van der Waals surface area contributed by atoms with Crippen molar-refractivity contribution in [3.63, 3.8) is 0 Å². The van der Waals surface area contributed by atoms with Gasteiger partial charge in [0.05, 0.1) is 26.4 Å². The molecule has 0 saturated carbocycles. The molecule has 0 aliphatic carbocycles. The van der Waals surface area contributed by atoms with Crippen molar-refractivity contribution in [2.45, 2.75) is 36.8 Å². The molecule has 0 amide bonds. The van der Waals surface area contributed by atoms with Crippen LogP contribution in [-0.2, 0) is 23.1 Å². The molecule has 7 atom stereocenters. The minimum atomic E-state index is -4.42. The van der Waals surface area contributed by atoms with E-state index in [-0.39, 0.29) is 13.2 Å². The Bertz CT molecular complexity index is 413. The lowest BCUT2D eigenvalue weighted by Crippen LogP contribution is -2.59. The smallest absolute Gasteiger partial charge is 0.394 e. The standard InChI is InChI=1S/C11H24NO11P/c12-1-2-21-24(18,19)22-5-7-8(15)9(16)10(17)11(23-7)20-4-6(14)3-13/h6-11,13-17H,1-5,12H2,(H,18,19)/t6?,7-,8-,9+,10-,11-/m1/s1. The van der Waals surface area contributed by atoms with Crippen molar-refractivity contribution in [3.05, 3.63) is 0 Å². The highest BCUT2D eigenvalue weighted by atomic mass is 31.2. The minimum Gasteiger partial charge on any atom is -0.394 e. The van der Waals surface area contributed by atoms with Gasteiger partial charge in [0.15, 0.2) is 6.29 Å². The zero-order chi connectivity index (χ0) is 18.3. The summed E-state index contributed by atoms with van der Waals surface area (Å²) in [5.74, 6) is 0. The first-order valence-electron chi connectivity index (χ1n) is 7.14.